The number of aromatic amines is 1. The highest BCUT2D eigenvalue weighted by Gasteiger charge is 2.18. The molecule has 2 amide bonds. The predicted molar refractivity (Wildman–Crippen MR) is 123 cm³/mol. The molecule has 1 unspecified atom stereocenters. The summed E-state index contributed by atoms with van der Waals surface area (Å²) >= 11 is 0. The Hall–Kier alpha value is -3.67. The second-order valence-corrected chi connectivity index (χ2v) is 7.48. The molecule has 0 aliphatic heterocycles. The highest BCUT2D eigenvalue weighted by Crippen LogP contribution is 2.17. The number of hydrogen-bond acceptors (Lipinski definition) is 3. The molecule has 0 spiro atoms. The summed E-state index contributed by atoms with van der Waals surface area (Å²) in [6.45, 7) is 2.30. The molecule has 6 heteroatoms. The van der Waals surface area contributed by atoms with Gasteiger partial charge in [0.1, 0.15) is 6.04 Å². The van der Waals surface area contributed by atoms with Crippen LogP contribution in [0.1, 0.15) is 24.6 Å². The Morgan fingerprint density at radius 1 is 1.10 bits per heavy atom. The summed E-state index contributed by atoms with van der Waals surface area (Å²) in [7, 11) is 1.76. The molecule has 2 N–H and O–H groups in total. The van der Waals surface area contributed by atoms with Crippen molar-refractivity contribution in [3.05, 3.63) is 84.1 Å². The lowest BCUT2D eigenvalue weighted by Gasteiger charge is -2.21. The third-order valence-electron chi connectivity index (χ3n) is 4.97. The number of hydrogen-bond donors (Lipinski definition) is 2. The maximum Gasteiger partial charge on any atom is 0.244 e. The van der Waals surface area contributed by atoms with Gasteiger partial charge >= 0.3 is 0 Å². The molecule has 160 valence electrons. The number of amides is 2. The van der Waals surface area contributed by atoms with Gasteiger partial charge < -0.3 is 10.2 Å². The fraction of sp³-hybridized carbons (Fsp3) is 0.240. The van der Waals surface area contributed by atoms with Crippen LogP contribution in [0.4, 0.5) is 0 Å². The van der Waals surface area contributed by atoms with Crippen LogP contribution in [-0.2, 0) is 16.0 Å². The Balaban J connectivity index is 1.42. The van der Waals surface area contributed by atoms with E-state index in [9.17, 15) is 9.59 Å². The molecule has 3 aromatic rings. The lowest BCUT2D eigenvalue weighted by molar-refractivity contribution is -0.134. The van der Waals surface area contributed by atoms with Crippen molar-refractivity contribution in [1.29, 1.82) is 0 Å². The molecule has 0 saturated carbocycles. The third kappa shape index (κ3) is 6.67. The first-order valence-corrected chi connectivity index (χ1v) is 10.4. The number of nitrogens with zero attached hydrogens (tertiary/aromatic N) is 2. The first kappa shape index (κ1) is 22.0. The molecule has 0 fully saturated rings. The zero-order valence-corrected chi connectivity index (χ0v) is 17.9. The third-order valence-corrected chi connectivity index (χ3v) is 4.97. The summed E-state index contributed by atoms with van der Waals surface area (Å²) in [5.41, 5.74) is 3.96. The molecule has 0 saturated heterocycles. The molecule has 6 nitrogen and oxygen atoms in total. The van der Waals surface area contributed by atoms with E-state index in [0.29, 0.717) is 6.54 Å². The molecule has 0 aliphatic rings. The van der Waals surface area contributed by atoms with Gasteiger partial charge in [0.25, 0.3) is 0 Å². The number of aryl methyl sites for hydroxylation is 1. The number of likely N-dealkylation sites (N-methyl/N-ethyl adjacent to an activating group) is 1. The van der Waals surface area contributed by atoms with Crippen LogP contribution in [0.15, 0.2) is 72.8 Å². The van der Waals surface area contributed by atoms with E-state index in [1.165, 1.54) is 6.08 Å². The second-order valence-electron chi connectivity index (χ2n) is 7.48. The first-order valence-electron chi connectivity index (χ1n) is 10.4. The van der Waals surface area contributed by atoms with Crippen LogP contribution in [-0.4, -0.2) is 46.5 Å². The van der Waals surface area contributed by atoms with Gasteiger partial charge in [-0.15, -0.1) is 0 Å². The van der Waals surface area contributed by atoms with Crippen LogP contribution < -0.4 is 5.32 Å². The molecule has 3 rings (SSSR count). The number of rotatable bonds is 9. The van der Waals surface area contributed by atoms with Crippen molar-refractivity contribution < 1.29 is 9.59 Å². The number of nitrogens with one attached hydrogen (secondary N) is 2. The van der Waals surface area contributed by atoms with Crippen molar-refractivity contribution in [2.75, 3.05) is 13.6 Å². The van der Waals surface area contributed by atoms with Gasteiger partial charge in [-0.1, -0.05) is 60.7 Å². The topological polar surface area (TPSA) is 78.1 Å². The smallest absolute Gasteiger partial charge is 0.244 e. The summed E-state index contributed by atoms with van der Waals surface area (Å²) in [5.74, 6) is -0.403. The summed E-state index contributed by atoms with van der Waals surface area (Å²) < 4.78 is 0. The Labute approximate surface area is 183 Å². The maximum atomic E-state index is 12.6. The van der Waals surface area contributed by atoms with Crippen molar-refractivity contribution >= 4 is 17.9 Å². The lowest BCUT2D eigenvalue weighted by Crippen LogP contribution is -2.45. The molecule has 31 heavy (non-hydrogen) atoms. The predicted octanol–water partition coefficient (Wildman–Crippen LogP) is 3.69. The van der Waals surface area contributed by atoms with Crippen molar-refractivity contribution in [1.82, 2.24) is 20.4 Å². The maximum absolute atomic E-state index is 12.6. The van der Waals surface area contributed by atoms with Gasteiger partial charge in [0.05, 0.1) is 5.69 Å². The largest absolute Gasteiger partial charge is 0.344 e. The van der Waals surface area contributed by atoms with E-state index in [-0.39, 0.29) is 11.8 Å². The Bertz CT molecular complexity index is 1010. The van der Waals surface area contributed by atoms with Crippen LogP contribution in [0.2, 0.25) is 0 Å². The molecular formula is C25H28N4O2. The highest BCUT2D eigenvalue weighted by molar-refractivity contribution is 5.95. The van der Waals surface area contributed by atoms with E-state index in [2.05, 4.69) is 15.5 Å². The van der Waals surface area contributed by atoms with Crippen molar-refractivity contribution in [2.45, 2.75) is 25.8 Å². The van der Waals surface area contributed by atoms with Crippen LogP contribution in [0.3, 0.4) is 0 Å². The average Bonchev–Trinajstić information content (AvgIpc) is 3.27. The minimum absolute atomic E-state index is 0.115. The van der Waals surface area contributed by atoms with Gasteiger partial charge in [-0.05, 0) is 37.5 Å². The second kappa shape index (κ2) is 10.9. The van der Waals surface area contributed by atoms with E-state index in [4.69, 9.17) is 0 Å². The van der Waals surface area contributed by atoms with E-state index in [0.717, 1.165) is 35.4 Å². The molecule has 1 atom stereocenters. The summed E-state index contributed by atoms with van der Waals surface area (Å²) in [6.07, 6.45) is 4.76. The van der Waals surface area contributed by atoms with Crippen molar-refractivity contribution in [3.63, 3.8) is 0 Å². The fourth-order valence-electron chi connectivity index (χ4n) is 3.25. The summed E-state index contributed by atoms with van der Waals surface area (Å²) in [4.78, 5) is 26.3. The van der Waals surface area contributed by atoms with Gasteiger partial charge in [0, 0.05) is 30.9 Å². The number of benzene rings is 2. The molecule has 2 aromatic carbocycles. The standard InChI is InChI=1S/C25H28N4O2/c1-19(26-24(30)16-15-20-10-5-3-6-11-20)25(31)29(2)17-9-14-22-18-23(28-27-22)21-12-7-4-8-13-21/h3-8,10-13,15-16,18-19H,9,14,17H2,1-2H3,(H,26,30)(H,27,28). The van der Waals surface area contributed by atoms with Gasteiger partial charge in [0.2, 0.25) is 11.8 Å². The number of carbonyl (C=O) groups excluding carboxylic acids is 2. The molecular weight excluding hydrogens is 388 g/mol. The van der Waals surface area contributed by atoms with Crippen LogP contribution in [0.25, 0.3) is 17.3 Å². The highest BCUT2D eigenvalue weighted by atomic mass is 16.2. The summed E-state index contributed by atoms with van der Waals surface area (Å²) in [5, 5.41) is 10.2. The molecule has 0 aliphatic carbocycles. The molecule has 0 radical (unpaired) electrons. The van der Waals surface area contributed by atoms with Gasteiger partial charge in [-0.2, -0.15) is 5.10 Å². The molecule has 1 heterocycles. The fourth-order valence-corrected chi connectivity index (χ4v) is 3.25. The summed E-state index contributed by atoms with van der Waals surface area (Å²) in [6, 6.07) is 21.0. The van der Waals surface area contributed by atoms with Gasteiger partial charge in [-0.3, -0.25) is 14.7 Å². The van der Waals surface area contributed by atoms with Crippen molar-refractivity contribution in [2.24, 2.45) is 0 Å². The number of carbonyl (C=O) groups is 2. The first-order chi connectivity index (χ1) is 15.0. The monoisotopic (exact) mass is 416 g/mol. The average molecular weight is 417 g/mol. The van der Waals surface area contributed by atoms with E-state index in [1.807, 2.05) is 66.7 Å². The lowest BCUT2D eigenvalue weighted by atomic mass is 10.1. The Morgan fingerprint density at radius 2 is 1.77 bits per heavy atom. The Morgan fingerprint density at radius 3 is 2.48 bits per heavy atom. The van der Waals surface area contributed by atoms with Crippen molar-refractivity contribution in [3.8, 4) is 11.3 Å². The number of H-pyrrole nitrogens is 1. The minimum atomic E-state index is -0.588. The van der Waals surface area contributed by atoms with Crippen LogP contribution in [0.5, 0.6) is 0 Å². The van der Waals surface area contributed by atoms with E-state index in [1.54, 1.807) is 24.9 Å². The zero-order chi connectivity index (χ0) is 22.1. The van der Waals surface area contributed by atoms with E-state index < -0.39 is 6.04 Å². The van der Waals surface area contributed by atoms with E-state index >= 15 is 0 Å². The quantitative estimate of drug-likeness (QED) is 0.522. The Kier molecular flexibility index (Phi) is 7.76. The van der Waals surface area contributed by atoms with Crippen LogP contribution in [0, 0.1) is 0 Å². The van der Waals surface area contributed by atoms with Gasteiger partial charge in [0.15, 0.2) is 0 Å². The number of aromatic nitrogens is 2. The SMILES string of the molecule is CC(NC(=O)C=Cc1ccccc1)C(=O)N(C)CCCc1cc(-c2ccccc2)n[nH]1. The zero-order valence-electron chi connectivity index (χ0n) is 17.9. The van der Waals surface area contributed by atoms with Gasteiger partial charge in [-0.25, -0.2) is 0 Å². The molecule has 1 aromatic heterocycles. The van der Waals surface area contributed by atoms with Crippen LogP contribution >= 0.6 is 0 Å². The molecule has 0 bridgehead atoms. The minimum Gasteiger partial charge on any atom is -0.344 e. The normalized spacial score (nSPS) is 11.9.